The first kappa shape index (κ1) is 17.3. The van der Waals surface area contributed by atoms with Crippen molar-refractivity contribution in [2.45, 2.75) is 19.4 Å². The largest absolute Gasteiger partial charge is 0.508 e. The van der Waals surface area contributed by atoms with E-state index < -0.39 is 22.5 Å². The normalized spacial score (nSPS) is 20.1. The van der Waals surface area contributed by atoms with Crippen molar-refractivity contribution in [2.75, 3.05) is 4.90 Å². The lowest BCUT2D eigenvalue weighted by Crippen LogP contribution is -2.29. The lowest BCUT2D eigenvalue weighted by Gasteiger charge is -2.25. The predicted octanol–water partition coefficient (Wildman–Crippen LogP) is 4.32. The smallest absolute Gasteiger partial charge is 0.295 e. The van der Waals surface area contributed by atoms with E-state index in [0.29, 0.717) is 12.0 Å². The molecule has 0 bridgehead atoms. The molecule has 2 unspecified atom stereocenters. The van der Waals surface area contributed by atoms with Gasteiger partial charge >= 0.3 is 0 Å². The number of halogens is 2. The third kappa shape index (κ3) is 2.97. The molecule has 8 heteroatoms. The first-order valence-corrected chi connectivity index (χ1v) is 8.35. The van der Waals surface area contributed by atoms with Crippen molar-refractivity contribution in [2.24, 2.45) is 5.92 Å². The standard InChI is InChI=1S/C17H14BrFN2O4/c1-9-6-13(10-4-2-3-5-16(10)22)20(17(9)23)14-7-11(18)12(19)8-15(14)21(24)25/h2-5,7-9,13,22H,6H2,1H3. The van der Waals surface area contributed by atoms with Crippen molar-refractivity contribution in [3.63, 3.8) is 0 Å². The predicted molar refractivity (Wildman–Crippen MR) is 92.9 cm³/mol. The van der Waals surface area contributed by atoms with E-state index in [-0.39, 0.29) is 27.7 Å². The highest BCUT2D eigenvalue weighted by molar-refractivity contribution is 9.10. The zero-order chi connectivity index (χ0) is 18.3. The van der Waals surface area contributed by atoms with Crippen LogP contribution in [0.4, 0.5) is 15.8 Å². The van der Waals surface area contributed by atoms with Crippen LogP contribution in [-0.2, 0) is 4.79 Å². The minimum Gasteiger partial charge on any atom is -0.508 e. The number of amides is 1. The molecule has 25 heavy (non-hydrogen) atoms. The molecule has 1 fully saturated rings. The minimum atomic E-state index is -0.783. The van der Waals surface area contributed by atoms with Gasteiger partial charge in [-0.3, -0.25) is 19.8 Å². The van der Waals surface area contributed by atoms with E-state index in [0.717, 1.165) is 6.07 Å². The van der Waals surface area contributed by atoms with Crippen LogP contribution in [0.15, 0.2) is 40.9 Å². The molecule has 2 atom stereocenters. The molecule has 0 aromatic heterocycles. The summed E-state index contributed by atoms with van der Waals surface area (Å²) in [6, 6.07) is 7.99. The van der Waals surface area contributed by atoms with Gasteiger partial charge < -0.3 is 5.11 Å². The number of phenols is 1. The Morgan fingerprint density at radius 1 is 1.36 bits per heavy atom. The average molecular weight is 409 g/mol. The summed E-state index contributed by atoms with van der Waals surface area (Å²) >= 11 is 3.02. The van der Waals surface area contributed by atoms with E-state index in [1.807, 2.05) is 0 Å². The van der Waals surface area contributed by atoms with Crippen molar-refractivity contribution in [3.8, 4) is 5.75 Å². The number of hydrogen-bond donors (Lipinski definition) is 1. The molecular weight excluding hydrogens is 395 g/mol. The summed E-state index contributed by atoms with van der Waals surface area (Å²) < 4.78 is 13.8. The number of phenolic OH excluding ortho intramolecular Hbond substituents is 1. The Hall–Kier alpha value is -2.48. The number of rotatable bonds is 3. The highest BCUT2D eigenvalue weighted by atomic mass is 79.9. The van der Waals surface area contributed by atoms with E-state index in [1.165, 1.54) is 17.0 Å². The maximum atomic E-state index is 13.8. The summed E-state index contributed by atoms with van der Waals surface area (Å²) in [6.45, 7) is 1.72. The van der Waals surface area contributed by atoms with Crippen LogP contribution in [0.1, 0.15) is 24.9 Å². The van der Waals surface area contributed by atoms with Crippen LogP contribution in [-0.4, -0.2) is 15.9 Å². The number of anilines is 1. The number of aromatic hydroxyl groups is 1. The molecule has 0 spiro atoms. The number of para-hydroxylation sites is 1. The number of benzene rings is 2. The second-order valence-corrected chi connectivity index (χ2v) is 6.79. The molecule has 1 aliphatic heterocycles. The molecule has 1 saturated heterocycles. The molecule has 2 aromatic carbocycles. The molecular formula is C17H14BrFN2O4. The van der Waals surface area contributed by atoms with Gasteiger partial charge in [-0.25, -0.2) is 4.39 Å². The van der Waals surface area contributed by atoms with Crippen LogP contribution >= 0.6 is 15.9 Å². The SMILES string of the molecule is CC1CC(c2ccccc2O)N(c2cc(Br)c(F)cc2[N+](=O)[O-])C1=O. The van der Waals surface area contributed by atoms with Crippen LogP contribution < -0.4 is 4.90 Å². The van der Waals surface area contributed by atoms with Gasteiger partial charge in [-0.15, -0.1) is 0 Å². The van der Waals surface area contributed by atoms with Gasteiger partial charge in [0.1, 0.15) is 17.3 Å². The van der Waals surface area contributed by atoms with Gasteiger partial charge in [-0.2, -0.15) is 0 Å². The third-order valence-corrected chi connectivity index (χ3v) is 4.92. The molecule has 1 aliphatic rings. The third-order valence-electron chi connectivity index (χ3n) is 4.32. The number of nitrogens with zero attached hydrogens (tertiary/aromatic N) is 2. The molecule has 0 radical (unpaired) electrons. The minimum absolute atomic E-state index is 0.000813. The maximum absolute atomic E-state index is 13.8. The Bertz CT molecular complexity index is 874. The van der Waals surface area contributed by atoms with Crippen LogP contribution in [0.25, 0.3) is 0 Å². The second-order valence-electron chi connectivity index (χ2n) is 5.93. The van der Waals surface area contributed by atoms with E-state index >= 15 is 0 Å². The maximum Gasteiger partial charge on any atom is 0.295 e. The van der Waals surface area contributed by atoms with Gasteiger partial charge in [0.05, 0.1) is 21.5 Å². The van der Waals surface area contributed by atoms with Crippen molar-refractivity contribution >= 4 is 33.2 Å². The fraction of sp³-hybridized carbons (Fsp3) is 0.235. The molecule has 1 N–H and O–H groups in total. The molecule has 1 heterocycles. The molecule has 0 saturated carbocycles. The summed E-state index contributed by atoms with van der Waals surface area (Å²) in [5.74, 6) is -1.47. The number of nitro benzene ring substituents is 1. The topological polar surface area (TPSA) is 83.7 Å². The first-order chi connectivity index (χ1) is 11.8. The molecule has 3 rings (SSSR count). The Labute approximate surface area is 151 Å². The van der Waals surface area contributed by atoms with Gasteiger partial charge in [0.25, 0.3) is 5.69 Å². The summed E-state index contributed by atoms with van der Waals surface area (Å²) in [4.78, 5) is 24.6. The van der Waals surface area contributed by atoms with Crippen LogP contribution in [0.5, 0.6) is 5.75 Å². The van der Waals surface area contributed by atoms with Crippen LogP contribution in [0.3, 0.4) is 0 Å². The van der Waals surface area contributed by atoms with Gasteiger partial charge in [0, 0.05) is 11.5 Å². The highest BCUT2D eigenvalue weighted by Crippen LogP contribution is 2.46. The zero-order valence-corrected chi connectivity index (χ0v) is 14.7. The average Bonchev–Trinajstić information content (AvgIpc) is 2.85. The molecule has 2 aromatic rings. The number of nitro groups is 1. The quantitative estimate of drug-likeness (QED) is 0.605. The molecule has 6 nitrogen and oxygen atoms in total. The van der Waals surface area contributed by atoms with Crippen molar-refractivity contribution in [1.82, 2.24) is 0 Å². The molecule has 0 aliphatic carbocycles. The molecule has 130 valence electrons. The Morgan fingerprint density at radius 2 is 2.04 bits per heavy atom. The number of carbonyl (C=O) groups is 1. The van der Waals surface area contributed by atoms with Gasteiger partial charge in [0.2, 0.25) is 5.91 Å². The summed E-state index contributed by atoms with van der Waals surface area (Å²) in [6.07, 6.45) is 0.391. The van der Waals surface area contributed by atoms with Crippen molar-refractivity contribution in [1.29, 1.82) is 0 Å². The van der Waals surface area contributed by atoms with Crippen LogP contribution in [0, 0.1) is 21.8 Å². The van der Waals surface area contributed by atoms with Gasteiger partial charge in [0.15, 0.2) is 0 Å². The Balaban J connectivity index is 2.19. The Morgan fingerprint density at radius 3 is 2.68 bits per heavy atom. The summed E-state index contributed by atoms with van der Waals surface area (Å²) in [7, 11) is 0. The van der Waals surface area contributed by atoms with Crippen molar-refractivity contribution < 1.29 is 19.2 Å². The second kappa shape index (κ2) is 6.44. The van der Waals surface area contributed by atoms with Crippen LogP contribution in [0.2, 0.25) is 0 Å². The van der Waals surface area contributed by atoms with E-state index in [9.17, 15) is 24.4 Å². The highest BCUT2D eigenvalue weighted by Gasteiger charge is 2.42. The fourth-order valence-corrected chi connectivity index (χ4v) is 3.45. The first-order valence-electron chi connectivity index (χ1n) is 7.55. The van der Waals surface area contributed by atoms with Gasteiger partial charge in [-0.05, 0) is 34.5 Å². The van der Waals surface area contributed by atoms with E-state index in [4.69, 9.17) is 0 Å². The van der Waals surface area contributed by atoms with E-state index in [2.05, 4.69) is 15.9 Å². The van der Waals surface area contributed by atoms with Crippen molar-refractivity contribution in [3.05, 3.63) is 62.4 Å². The molecule has 1 amide bonds. The van der Waals surface area contributed by atoms with E-state index in [1.54, 1.807) is 25.1 Å². The fourth-order valence-electron chi connectivity index (χ4n) is 3.12. The summed E-state index contributed by atoms with van der Waals surface area (Å²) in [5.41, 5.74) is -0.000561. The number of hydrogen-bond acceptors (Lipinski definition) is 4. The zero-order valence-electron chi connectivity index (χ0n) is 13.1. The Kier molecular flexibility index (Phi) is 4.47. The summed E-state index contributed by atoms with van der Waals surface area (Å²) in [5, 5.41) is 21.5. The lowest BCUT2D eigenvalue weighted by molar-refractivity contribution is -0.384. The lowest BCUT2D eigenvalue weighted by atomic mass is 9.99. The monoisotopic (exact) mass is 408 g/mol. The number of carbonyl (C=O) groups excluding carboxylic acids is 1. The van der Waals surface area contributed by atoms with Gasteiger partial charge in [-0.1, -0.05) is 25.1 Å².